The predicted octanol–water partition coefficient (Wildman–Crippen LogP) is 2.12. The zero-order chi connectivity index (χ0) is 10.8. The molecule has 0 aliphatic carbocycles. The third-order valence-corrected chi connectivity index (χ3v) is 1.95. The lowest BCUT2D eigenvalue weighted by Gasteiger charge is -2.19. The number of pyridine rings is 1. The fraction of sp³-hybridized carbons (Fsp3) is 0.364. The molecule has 0 aliphatic rings. The maximum Gasteiger partial charge on any atom is 0.140 e. The van der Waals surface area contributed by atoms with Crippen LogP contribution in [0.3, 0.4) is 0 Å². The predicted molar refractivity (Wildman–Crippen MR) is 52.4 cm³/mol. The number of hydrogen-bond donors (Lipinski definition) is 0. The molecule has 3 heteroatoms. The summed E-state index contributed by atoms with van der Waals surface area (Å²) in [5.74, 6) is 0. The molecule has 0 radical (unpaired) electrons. The Morgan fingerprint density at radius 3 is 2.29 bits per heavy atom. The van der Waals surface area contributed by atoms with Crippen LogP contribution in [0.1, 0.15) is 37.6 Å². The van der Waals surface area contributed by atoms with E-state index in [0.29, 0.717) is 11.3 Å². The molecule has 1 aromatic heterocycles. The Bertz CT molecular complexity index is 427. The lowest BCUT2D eigenvalue weighted by molar-refractivity contribution is 0.587. The first kappa shape index (κ1) is 10.2. The number of nitrogens with zero attached hydrogens (tertiary/aromatic N) is 3. The van der Waals surface area contributed by atoms with Crippen molar-refractivity contribution in [3.05, 3.63) is 29.1 Å². The van der Waals surface area contributed by atoms with Gasteiger partial charge in [-0.2, -0.15) is 10.5 Å². The Labute approximate surface area is 83.6 Å². The van der Waals surface area contributed by atoms with Gasteiger partial charge >= 0.3 is 0 Å². The SMILES string of the molecule is CC(C)(C)c1cc(C#N)ncc1C#N. The number of rotatable bonds is 0. The van der Waals surface area contributed by atoms with Crippen molar-refractivity contribution in [3.8, 4) is 12.1 Å². The summed E-state index contributed by atoms with van der Waals surface area (Å²) < 4.78 is 0. The van der Waals surface area contributed by atoms with Crippen LogP contribution in [0.25, 0.3) is 0 Å². The minimum Gasteiger partial charge on any atom is -0.244 e. The molecule has 0 N–H and O–H groups in total. The van der Waals surface area contributed by atoms with Crippen molar-refractivity contribution < 1.29 is 0 Å². The third-order valence-electron chi connectivity index (χ3n) is 1.95. The average molecular weight is 185 g/mol. The van der Waals surface area contributed by atoms with Crippen LogP contribution >= 0.6 is 0 Å². The van der Waals surface area contributed by atoms with Gasteiger partial charge in [-0.05, 0) is 17.0 Å². The van der Waals surface area contributed by atoms with Gasteiger partial charge in [0.15, 0.2) is 0 Å². The normalized spacial score (nSPS) is 10.4. The molecule has 3 nitrogen and oxygen atoms in total. The van der Waals surface area contributed by atoms with E-state index in [0.717, 1.165) is 5.56 Å². The van der Waals surface area contributed by atoms with Crippen LogP contribution in [0.15, 0.2) is 12.3 Å². The minimum atomic E-state index is -0.139. The summed E-state index contributed by atoms with van der Waals surface area (Å²) >= 11 is 0. The van der Waals surface area contributed by atoms with Crippen molar-refractivity contribution in [1.29, 1.82) is 10.5 Å². The molecule has 0 amide bonds. The molecule has 70 valence electrons. The van der Waals surface area contributed by atoms with Gasteiger partial charge in [-0.25, -0.2) is 4.98 Å². The van der Waals surface area contributed by atoms with E-state index >= 15 is 0 Å². The fourth-order valence-electron chi connectivity index (χ4n) is 1.23. The van der Waals surface area contributed by atoms with Crippen LogP contribution in [0.5, 0.6) is 0 Å². The largest absolute Gasteiger partial charge is 0.244 e. The Balaban J connectivity index is 3.41. The van der Waals surface area contributed by atoms with Crippen molar-refractivity contribution in [1.82, 2.24) is 4.98 Å². The van der Waals surface area contributed by atoms with Gasteiger partial charge < -0.3 is 0 Å². The second kappa shape index (κ2) is 3.47. The van der Waals surface area contributed by atoms with Gasteiger partial charge in [-0.3, -0.25) is 0 Å². The van der Waals surface area contributed by atoms with Crippen LogP contribution in [-0.2, 0) is 5.41 Å². The van der Waals surface area contributed by atoms with Gasteiger partial charge in [0, 0.05) is 6.20 Å². The highest BCUT2D eigenvalue weighted by Crippen LogP contribution is 2.25. The van der Waals surface area contributed by atoms with Crippen LogP contribution in [0.4, 0.5) is 0 Å². The lowest BCUT2D eigenvalue weighted by atomic mass is 9.84. The molecule has 0 aliphatic heterocycles. The Morgan fingerprint density at radius 2 is 1.86 bits per heavy atom. The van der Waals surface area contributed by atoms with E-state index in [1.54, 1.807) is 6.07 Å². The number of hydrogen-bond acceptors (Lipinski definition) is 3. The maximum atomic E-state index is 8.87. The molecule has 14 heavy (non-hydrogen) atoms. The smallest absolute Gasteiger partial charge is 0.140 e. The number of nitriles is 2. The highest BCUT2D eigenvalue weighted by atomic mass is 14.7. The van der Waals surface area contributed by atoms with Crippen molar-refractivity contribution >= 4 is 0 Å². The van der Waals surface area contributed by atoms with Crippen molar-refractivity contribution in [3.63, 3.8) is 0 Å². The summed E-state index contributed by atoms with van der Waals surface area (Å²) in [4.78, 5) is 3.86. The first-order valence-electron chi connectivity index (χ1n) is 4.30. The van der Waals surface area contributed by atoms with E-state index in [9.17, 15) is 0 Å². The van der Waals surface area contributed by atoms with Crippen LogP contribution in [-0.4, -0.2) is 4.98 Å². The molecule has 1 heterocycles. The molecule has 0 unspecified atom stereocenters. The molecule has 0 atom stereocenters. The quantitative estimate of drug-likeness (QED) is 0.622. The third kappa shape index (κ3) is 1.89. The summed E-state index contributed by atoms with van der Waals surface area (Å²) in [6, 6.07) is 5.73. The van der Waals surface area contributed by atoms with Gasteiger partial charge in [0.1, 0.15) is 17.8 Å². The Morgan fingerprint density at radius 1 is 1.21 bits per heavy atom. The molecule has 1 rings (SSSR count). The Hall–Kier alpha value is -1.87. The summed E-state index contributed by atoms with van der Waals surface area (Å²) in [6.07, 6.45) is 1.46. The molecular formula is C11H11N3. The highest BCUT2D eigenvalue weighted by Gasteiger charge is 2.18. The second-order valence-corrected chi connectivity index (χ2v) is 4.09. The van der Waals surface area contributed by atoms with E-state index in [-0.39, 0.29) is 5.41 Å². The van der Waals surface area contributed by atoms with Crippen LogP contribution in [0.2, 0.25) is 0 Å². The molecular weight excluding hydrogens is 174 g/mol. The number of aromatic nitrogens is 1. The zero-order valence-electron chi connectivity index (χ0n) is 8.50. The first-order valence-corrected chi connectivity index (χ1v) is 4.30. The van der Waals surface area contributed by atoms with E-state index < -0.39 is 0 Å². The van der Waals surface area contributed by atoms with E-state index in [4.69, 9.17) is 10.5 Å². The van der Waals surface area contributed by atoms with E-state index in [1.165, 1.54) is 6.20 Å². The second-order valence-electron chi connectivity index (χ2n) is 4.09. The molecule has 0 saturated carbocycles. The van der Waals surface area contributed by atoms with Gasteiger partial charge in [0.05, 0.1) is 5.56 Å². The van der Waals surface area contributed by atoms with Crippen LogP contribution < -0.4 is 0 Å². The van der Waals surface area contributed by atoms with E-state index in [2.05, 4.69) is 11.1 Å². The summed E-state index contributed by atoms with van der Waals surface area (Å²) in [6.45, 7) is 6.01. The molecule has 0 bridgehead atoms. The monoisotopic (exact) mass is 185 g/mol. The maximum absolute atomic E-state index is 8.87. The van der Waals surface area contributed by atoms with Gasteiger partial charge in [0.25, 0.3) is 0 Å². The summed E-state index contributed by atoms with van der Waals surface area (Å²) in [5, 5.41) is 17.6. The first-order chi connectivity index (χ1) is 6.49. The topological polar surface area (TPSA) is 60.5 Å². The van der Waals surface area contributed by atoms with Crippen molar-refractivity contribution in [2.75, 3.05) is 0 Å². The highest BCUT2D eigenvalue weighted by molar-refractivity contribution is 5.42. The Kier molecular flexibility index (Phi) is 2.53. The lowest BCUT2D eigenvalue weighted by Crippen LogP contribution is -2.14. The minimum absolute atomic E-state index is 0.139. The molecule has 1 aromatic rings. The molecule has 0 saturated heterocycles. The summed E-state index contributed by atoms with van der Waals surface area (Å²) in [7, 11) is 0. The van der Waals surface area contributed by atoms with Crippen molar-refractivity contribution in [2.24, 2.45) is 0 Å². The van der Waals surface area contributed by atoms with Gasteiger partial charge in [-0.15, -0.1) is 0 Å². The average Bonchev–Trinajstić information content (AvgIpc) is 2.15. The van der Waals surface area contributed by atoms with Crippen LogP contribution in [0, 0.1) is 22.7 Å². The molecule has 0 fully saturated rings. The van der Waals surface area contributed by atoms with Crippen molar-refractivity contribution in [2.45, 2.75) is 26.2 Å². The molecule has 0 aromatic carbocycles. The molecule has 0 spiro atoms. The standard InChI is InChI=1S/C11H11N3/c1-11(2,3)10-4-9(6-13)14-7-8(10)5-12/h4,7H,1-3H3. The summed E-state index contributed by atoms with van der Waals surface area (Å²) in [5.41, 5.74) is 1.62. The van der Waals surface area contributed by atoms with Gasteiger partial charge in [0.2, 0.25) is 0 Å². The van der Waals surface area contributed by atoms with Gasteiger partial charge in [-0.1, -0.05) is 20.8 Å². The zero-order valence-corrected chi connectivity index (χ0v) is 8.50. The fourth-order valence-corrected chi connectivity index (χ4v) is 1.23. The van der Waals surface area contributed by atoms with E-state index in [1.807, 2.05) is 26.8 Å².